The summed E-state index contributed by atoms with van der Waals surface area (Å²) in [5.41, 5.74) is 9.48. The molecule has 0 saturated carbocycles. The van der Waals surface area contributed by atoms with Gasteiger partial charge in [0.1, 0.15) is 17.0 Å². The van der Waals surface area contributed by atoms with Gasteiger partial charge >= 0.3 is 0 Å². The molecular weight excluding hydrogens is 316 g/mol. The molecule has 0 spiro atoms. The molecule has 0 aliphatic heterocycles. The van der Waals surface area contributed by atoms with E-state index < -0.39 is 0 Å². The molecule has 2 heterocycles. The second kappa shape index (κ2) is 7.73. The van der Waals surface area contributed by atoms with Crippen LogP contribution in [-0.4, -0.2) is 23.1 Å². The van der Waals surface area contributed by atoms with Crippen LogP contribution in [0.25, 0.3) is 21.3 Å². The number of nitrogens with two attached hydrogens (primary N) is 1. The molecule has 0 unspecified atom stereocenters. The summed E-state index contributed by atoms with van der Waals surface area (Å²) in [6.07, 6.45) is 4.62. The molecule has 3 rings (SSSR count). The van der Waals surface area contributed by atoms with Gasteiger partial charge in [0.15, 0.2) is 0 Å². The fraction of sp³-hybridized carbons (Fsp3) is 0.368. The van der Waals surface area contributed by atoms with E-state index in [1.165, 1.54) is 21.6 Å². The molecular formula is C19H24N4S. The number of hydrogen-bond donors (Lipinski definition) is 2. The molecule has 2 aromatic heterocycles. The Hall–Kier alpha value is -1.98. The number of aromatic nitrogens is 2. The molecule has 0 aliphatic carbocycles. The van der Waals surface area contributed by atoms with Crippen molar-refractivity contribution in [1.29, 1.82) is 0 Å². The van der Waals surface area contributed by atoms with Crippen LogP contribution in [0, 0.1) is 0 Å². The largest absolute Gasteiger partial charge is 0.369 e. The van der Waals surface area contributed by atoms with Crippen molar-refractivity contribution in [2.45, 2.75) is 33.1 Å². The molecule has 0 atom stereocenters. The molecule has 0 fully saturated rings. The lowest BCUT2D eigenvalue weighted by Crippen LogP contribution is -2.09. The van der Waals surface area contributed by atoms with Gasteiger partial charge in [-0.15, -0.1) is 11.3 Å². The van der Waals surface area contributed by atoms with Crippen molar-refractivity contribution in [3.05, 3.63) is 41.0 Å². The first-order valence-corrected chi connectivity index (χ1v) is 9.39. The lowest BCUT2D eigenvalue weighted by atomic mass is 10.00. The number of aryl methyl sites for hydroxylation is 2. The minimum absolute atomic E-state index is 0.677. The number of thiophene rings is 1. The van der Waals surface area contributed by atoms with Crippen molar-refractivity contribution in [3.63, 3.8) is 0 Å². The van der Waals surface area contributed by atoms with Crippen molar-refractivity contribution in [2.24, 2.45) is 5.73 Å². The van der Waals surface area contributed by atoms with E-state index in [-0.39, 0.29) is 0 Å². The number of fused-ring (bicyclic) bond motifs is 1. The molecule has 1 aromatic carbocycles. The molecule has 4 nitrogen and oxygen atoms in total. The van der Waals surface area contributed by atoms with Crippen molar-refractivity contribution in [1.82, 2.24) is 9.97 Å². The van der Waals surface area contributed by atoms with Gasteiger partial charge in [-0.3, -0.25) is 0 Å². The molecule has 3 N–H and O–H groups in total. The first kappa shape index (κ1) is 16.9. The van der Waals surface area contributed by atoms with Crippen LogP contribution in [0.5, 0.6) is 0 Å². The summed E-state index contributed by atoms with van der Waals surface area (Å²) < 4.78 is 0. The Morgan fingerprint density at radius 1 is 1.08 bits per heavy atom. The molecule has 3 aromatic rings. The molecule has 0 aliphatic rings. The van der Waals surface area contributed by atoms with Crippen LogP contribution in [-0.2, 0) is 12.8 Å². The number of rotatable bonds is 7. The number of hydrogen-bond acceptors (Lipinski definition) is 5. The zero-order valence-corrected chi connectivity index (χ0v) is 15.1. The first-order valence-electron chi connectivity index (χ1n) is 8.58. The highest BCUT2D eigenvalue weighted by Gasteiger charge is 2.17. The zero-order chi connectivity index (χ0) is 16.9. The van der Waals surface area contributed by atoms with Crippen LogP contribution in [0.15, 0.2) is 30.6 Å². The average Bonchev–Trinajstić information content (AvgIpc) is 3.01. The Bertz CT molecular complexity index is 808. The normalized spacial score (nSPS) is 11.1. The zero-order valence-electron chi connectivity index (χ0n) is 14.3. The second-order valence-electron chi connectivity index (χ2n) is 5.78. The molecule has 0 bridgehead atoms. The van der Waals surface area contributed by atoms with Crippen molar-refractivity contribution in [3.8, 4) is 11.1 Å². The molecule has 5 heteroatoms. The van der Waals surface area contributed by atoms with E-state index >= 15 is 0 Å². The average molecular weight is 340 g/mol. The summed E-state index contributed by atoms with van der Waals surface area (Å²) in [5, 5.41) is 4.57. The van der Waals surface area contributed by atoms with E-state index in [0.717, 1.165) is 41.8 Å². The van der Waals surface area contributed by atoms with E-state index in [0.29, 0.717) is 6.54 Å². The lowest BCUT2D eigenvalue weighted by molar-refractivity contribution is 0.871. The van der Waals surface area contributed by atoms with Gasteiger partial charge < -0.3 is 11.1 Å². The second-order valence-corrected chi connectivity index (χ2v) is 6.86. The Kier molecular flexibility index (Phi) is 5.43. The van der Waals surface area contributed by atoms with Gasteiger partial charge in [0.2, 0.25) is 0 Å². The van der Waals surface area contributed by atoms with E-state index in [4.69, 9.17) is 5.73 Å². The highest BCUT2D eigenvalue weighted by molar-refractivity contribution is 7.19. The van der Waals surface area contributed by atoms with Crippen LogP contribution in [0.4, 0.5) is 5.82 Å². The first-order chi connectivity index (χ1) is 11.8. The topological polar surface area (TPSA) is 63.8 Å². The van der Waals surface area contributed by atoms with Crippen LogP contribution >= 0.6 is 11.3 Å². The number of benzene rings is 1. The summed E-state index contributed by atoms with van der Waals surface area (Å²) in [6.45, 7) is 5.88. The number of nitrogens with one attached hydrogen (secondary N) is 1. The van der Waals surface area contributed by atoms with E-state index in [1.54, 1.807) is 17.7 Å². The van der Waals surface area contributed by atoms with Gasteiger partial charge in [-0.2, -0.15) is 0 Å². The third kappa shape index (κ3) is 3.28. The predicted octanol–water partition coefficient (Wildman–Crippen LogP) is 4.24. The summed E-state index contributed by atoms with van der Waals surface area (Å²) >= 11 is 1.77. The molecule has 0 amide bonds. The van der Waals surface area contributed by atoms with Crippen molar-refractivity contribution in [2.75, 3.05) is 18.4 Å². The molecule has 0 radical (unpaired) electrons. The van der Waals surface area contributed by atoms with Crippen LogP contribution in [0.2, 0.25) is 0 Å². The van der Waals surface area contributed by atoms with Gasteiger partial charge in [-0.1, -0.05) is 38.1 Å². The quantitative estimate of drug-likeness (QED) is 0.631. The maximum Gasteiger partial charge on any atom is 0.138 e. The van der Waals surface area contributed by atoms with Gasteiger partial charge in [0, 0.05) is 17.0 Å². The van der Waals surface area contributed by atoms with Crippen LogP contribution < -0.4 is 11.1 Å². The Labute approximate surface area is 147 Å². The minimum atomic E-state index is 0.677. The minimum Gasteiger partial charge on any atom is -0.369 e. The van der Waals surface area contributed by atoms with Gasteiger partial charge in [0.25, 0.3) is 0 Å². The monoisotopic (exact) mass is 340 g/mol. The smallest absolute Gasteiger partial charge is 0.138 e. The molecule has 24 heavy (non-hydrogen) atoms. The van der Waals surface area contributed by atoms with E-state index in [1.807, 2.05) is 0 Å². The maximum absolute atomic E-state index is 5.61. The van der Waals surface area contributed by atoms with Crippen LogP contribution in [0.1, 0.15) is 30.7 Å². The fourth-order valence-corrected chi connectivity index (χ4v) is 3.98. The van der Waals surface area contributed by atoms with Crippen molar-refractivity contribution < 1.29 is 0 Å². The predicted molar refractivity (Wildman–Crippen MR) is 104 cm³/mol. The SMILES string of the molecule is CCc1ccc(-c2c(CC)sc3ncnc(NCCCN)c23)cc1. The molecule has 126 valence electrons. The Morgan fingerprint density at radius 2 is 1.88 bits per heavy atom. The summed E-state index contributed by atoms with van der Waals surface area (Å²) in [5.74, 6) is 0.916. The number of anilines is 1. The fourth-order valence-electron chi connectivity index (χ4n) is 2.88. The van der Waals surface area contributed by atoms with E-state index in [2.05, 4.69) is 53.4 Å². The third-order valence-electron chi connectivity index (χ3n) is 4.21. The highest BCUT2D eigenvalue weighted by Crippen LogP contribution is 2.41. The Morgan fingerprint density at radius 3 is 2.54 bits per heavy atom. The number of nitrogens with zero attached hydrogens (tertiary/aromatic N) is 2. The Balaban J connectivity index is 2.12. The van der Waals surface area contributed by atoms with E-state index in [9.17, 15) is 0 Å². The maximum atomic E-state index is 5.61. The summed E-state index contributed by atoms with van der Waals surface area (Å²) in [7, 11) is 0. The van der Waals surface area contributed by atoms with Gasteiger partial charge in [0.05, 0.1) is 5.39 Å². The molecule has 0 saturated heterocycles. The summed E-state index contributed by atoms with van der Waals surface area (Å²) in [6, 6.07) is 8.86. The summed E-state index contributed by atoms with van der Waals surface area (Å²) in [4.78, 5) is 11.4. The standard InChI is InChI=1S/C19H24N4S/c1-3-13-6-8-14(9-7-13)16-15(4-2)24-19-17(16)18(22-12-23-19)21-11-5-10-20/h6-9,12H,3-5,10-11,20H2,1-2H3,(H,21,22,23). The van der Waals surface area contributed by atoms with Gasteiger partial charge in [-0.05, 0) is 36.9 Å². The van der Waals surface area contributed by atoms with Crippen LogP contribution in [0.3, 0.4) is 0 Å². The lowest BCUT2D eigenvalue weighted by Gasteiger charge is -2.09. The highest BCUT2D eigenvalue weighted by atomic mass is 32.1. The van der Waals surface area contributed by atoms with Crippen molar-refractivity contribution >= 4 is 27.4 Å². The third-order valence-corrected chi connectivity index (χ3v) is 5.45. The van der Waals surface area contributed by atoms with Gasteiger partial charge in [-0.25, -0.2) is 9.97 Å².